The molecule has 0 aromatic heterocycles. The van der Waals surface area contributed by atoms with Gasteiger partial charge in [0.2, 0.25) is 0 Å². The minimum Gasteiger partial charge on any atom is -0.386 e. The van der Waals surface area contributed by atoms with Gasteiger partial charge in [0.05, 0.1) is 0 Å². The van der Waals surface area contributed by atoms with Crippen LogP contribution < -0.4 is 5.32 Å². The highest BCUT2D eigenvalue weighted by Gasteiger charge is 2.46. The summed E-state index contributed by atoms with van der Waals surface area (Å²) in [6.07, 6.45) is -2.19. The summed E-state index contributed by atoms with van der Waals surface area (Å²) in [5.41, 5.74) is -0.544. The van der Waals surface area contributed by atoms with Crippen LogP contribution in [0.3, 0.4) is 0 Å². The largest absolute Gasteiger partial charge is 0.386 e. The second-order valence-electron chi connectivity index (χ2n) is 2.94. The Morgan fingerprint density at radius 2 is 2.17 bits per heavy atom. The van der Waals surface area contributed by atoms with Crippen molar-refractivity contribution < 1.29 is 13.6 Å². The number of halogens is 3. The van der Waals surface area contributed by atoms with E-state index in [0.29, 0.717) is 13.1 Å². The van der Waals surface area contributed by atoms with E-state index in [0.717, 1.165) is 0 Å². The van der Waals surface area contributed by atoms with E-state index in [9.17, 15) is 8.78 Å². The molecule has 2 rings (SSSR count). The summed E-state index contributed by atoms with van der Waals surface area (Å²) in [5.74, 6) is 0. The monoisotopic (exact) mass is 198 g/mol. The van der Waals surface area contributed by atoms with E-state index in [-0.39, 0.29) is 24.5 Å². The van der Waals surface area contributed by atoms with Crippen molar-refractivity contribution in [2.45, 2.75) is 18.4 Å². The Morgan fingerprint density at radius 3 is 2.42 bits per heavy atom. The minimum atomic E-state index is -2.46. The van der Waals surface area contributed by atoms with E-state index in [2.05, 4.69) is 10.5 Å². The molecule has 0 radical (unpaired) electrons. The van der Waals surface area contributed by atoms with Crippen LogP contribution in [-0.4, -0.2) is 30.8 Å². The number of nitrogens with zero attached hydrogens (tertiary/aromatic N) is 1. The molecule has 2 aliphatic heterocycles. The van der Waals surface area contributed by atoms with Crippen molar-refractivity contribution in [2.75, 3.05) is 13.1 Å². The lowest BCUT2D eigenvalue weighted by atomic mass is 9.91. The zero-order valence-corrected chi connectivity index (χ0v) is 7.03. The number of hydrogen-bond donors (Lipinski definition) is 1. The van der Waals surface area contributed by atoms with E-state index in [4.69, 9.17) is 4.84 Å². The van der Waals surface area contributed by atoms with Crippen molar-refractivity contribution in [3.05, 3.63) is 0 Å². The molecule has 6 heteroatoms. The van der Waals surface area contributed by atoms with Crippen LogP contribution in [0.25, 0.3) is 0 Å². The Morgan fingerprint density at radius 1 is 1.50 bits per heavy atom. The summed E-state index contributed by atoms with van der Waals surface area (Å²) in [6, 6.07) is 0. The highest BCUT2D eigenvalue weighted by Crippen LogP contribution is 2.29. The first-order chi connectivity index (χ1) is 5.22. The topological polar surface area (TPSA) is 33.6 Å². The van der Waals surface area contributed by atoms with Gasteiger partial charge in [0.1, 0.15) is 5.71 Å². The minimum absolute atomic E-state index is 0. The molecule has 0 unspecified atom stereocenters. The number of oxime groups is 1. The maximum absolute atomic E-state index is 12.0. The fourth-order valence-corrected chi connectivity index (χ4v) is 1.26. The Bertz CT molecular complexity index is 206. The third-order valence-electron chi connectivity index (χ3n) is 2.01. The first-order valence-corrected chi connectivity index (χ1v) is 3.46. The molecule has 0 atom stereocenters. The van der Waals surface area contributed by atoms with Gasteiger partial charge in [-0.05, 0) is 0 Å². The van der Waals surface area contributed by atoms with Crippen LogP contribution in [0.15, 0.2) is 5.16 Å². The fourth-order valence-electron chi connectivity index (χ4n) is 1.26. The molecule has 0 aromatic carbocycles. The van der Waals surface area contributed by atoms with Gasteiger partial charge in [-0.25, -0.2) is 8.78 Å². The van der Waals surface area contributed by atoms with Crippen LogP contribution in [0.5, 0.6) is 0 Å². The molecular weight excluding hydrogens is 190 g/mol. The van der Waals surface area contributed by atoms with Crippen LogP contribution in [0.2, 0.25) is 0 Å². The normalized spacial score (nSPS) is 24.4. The molecule has 1 fully saturated rings. The molecule has 0 aromatic rings. The lowest BCUT2D eigenvalue weighted by molar-refractivity contribution is -0.0559. The third-order valence-corrected chi connectivity index (χ3v) is 2.01. The molecule has 0 aliphatic carbocycles. The first-order valence-electron chi connectivity index (χ1n) is 3.46. The number of alkyl halides is 2. The van der Waals surface area contributed by atoms with Crippen LogP contribution in [0, 0.1) is 0 Å². The molecular formula is C6H9ClF2N2O. The lowest BCUT2D eigenvalue weighted by Crippen LogP contribution is -2.59. The van der Waals surface area contributed by atoms with E-state index in [1.54, 1.807) is 0 Å². The summed E-state index contributed by atoms with van der Waals surface area (Å²) in [5, 5.41) is 6.30. The lowest BCUT2D eigenvalue weighted by Gasteiger charge is -2.35. The van der Waals surface area contributed by atoms with Gasteiger partial charge in [0, 0.05) is 19.5 Å². The summed E-state index contributed by atoms with van der Waals surface area (Å²) in [7, 11) is 0. The van der Waals surface area contributed by atoms with Gasteiger partial charge in [0.15, 0.2) is 5.60 Å². The second-order valence-corrected chi connectivity index (χ2v) is 2.94. The Kier molecular flexibility index (Phi) is 2.53. The quantitative estimate of drug-likeness (QED) is 0.676. The summed E-state index contributed by atoms with van der Waals surface area (Å²) < 4.78 is 24.0. The average molecular weight is 199 g/mol. The van der Waals surface area contributed by atoms with Crippen LogP contribution in [0.4, 0.5) is 8.78 Å². The van der Waals surface area contributed by atoms with Crippen LogP contribution in [0.1, 0.15) is 6.42 Å². The number of hydrogen-bond acceptors (Lipinski definition) is 3. The van der Waals surface area contributed by atoms with E-state index in [1.165, 1.54) is 0 Å². The van der Waals surface area contributed by atoms with Crippen molar-refractivity contribution in [2.24, 2.45) is 5.16 Å². The van der Waals surface area contributed by atoms with Gasteiger partial charge in [-0.15, -0.1) is 12.4 Å². The molecule has 2 aliphatic rings. The van der Waals surface area contributed by atoms with Gasteiger partial charge in [0.25, 0.3) is 6.43 Å². The zero-order valence-electron chi connectivity index (χ0n) is 6.22. The molecule has 3 nitrogen and oxygen atoms in total. The molecule has 12 heavy (non-hydrogen) atoms. The predicted molar refractivity (Wildman–Crippen MR) is 42.0 cm³/mol. The molecule has 70 valence electrons. The Balaban J connectivity index is 0.000000720. The maximum Gasteiger partial charge on any atom is 0.279 e. The summed E-state index contributed by atoms with van der Waals surface area (Å²) in [4.78, 5) is 4.90. The summed E-state index contributed by atoms with van der Waals surface area (Å²) in [6.45, 7) is 1.26. The van der Waals surface area contributed by atoms with Crippen molar-refractivity contribution in [3.63, 3.8) is 0 Å². The van der Waals surface area contributed by atoms with Crippen molar-refractivity contribution in [1.82, 2.24) is 5.32 Å². The average Bonchev–Trinajstić information content (AvgIpc) is 2.28. The maximum atomic E-state index is 12.0. The summed E-state index contributed by atoms with van der Waals surface area (Å²) >= 11 is 0. The molecule has 0 amide bonds. The van der Waals surface area contributed by atoms with Crippen molar-refractivity contribution in [1.29, 1.82) is 0 Å². The van der Waals surface area contributed by atoms with Crippen LogP contribution >= 0.6 is 12.4 Å². The smallest absolute Gasteiger partial charge is 0.279 e. The fraction of sp³-hybridized carbons (Fsp3) is 0.833. The van der Waals surface area contributed by atoms with Gasteiger partial charge in [-0.1, -0.05) is 5.16 Å². The Hall–Kier alpha value is -0.420. The molecule has 0 bridgehead atoms. The molecule has 1 N–H and O–H groups in total. The standard InChI is InChI=1S/C6H8F2N2O.ClH/c7-5(8)4-1-6(11-10-4)2-9-3-6;/h5,9H,1-3H2;1H. The van der Waals surface area contributed by atoms with Crippen LogP contribution in [-0.2, 0) is 4.84 Å². The first kappa shape index (κ1) is 9.67. The van der Waals surface area contributed by atoms with E-state index < -0.39 is 12.0 Å². The van der Waals surface area contributed by atoms with Crippen molar-refractivity contribution >= 4 is 18.1 Å². The highest BCUT2D eigenvalue weighted by atomic mass is 35.5. The molecule has 0 saturated carbocycles. The van der Waals surface area contributed by atoms with Gasteiger partial charge in [-0.3, -0.25) is 0 Å². The number of nitrogens with one attached hydrogen (secondary N) is 1. The van der Waals surface area contributed by atoms with E-state index >= 15 is 0 Å². The highest BCUT2D eigenvalue weighted by molar-refractivity contribution is 5.89. The number of rotatable bonds is 1. The van der Waals surface area contributed by atoms with Gasteiger partial charge in [-0.2, -0.15) is 0 Å². The predicted octanol–water partition coefficient (Wildman–Crippen LogP) is 0.792. The molecule has 1 saturated heterocycles. The van der Waals surface area contributed by atoms with E-state index in [1.807, 2.05) is 0 Å². The SMILES string of the molecule is Cl.FC(F)C1=NOC2(CNC2)C1. The zero-order chi connectivity index (χ0) is 7.90. The molecule has 2 heterocycles. The van der Waals surface area contributed by atoms with Gasteiger partial charge < -0.3 is 10.2 Å². The Labute approximate surface area is 74.5 Å². The van der Waals surface area contributed by atoms with Crippen molar-refractivity contribution in [3.8, 4) is 0 Å². The third kappa shape index (κ3) is 1.38. The second kappa shape index (κ2) is 3.14. The van der Waals surface area contributed by atoms with Gasteiger partial charge >= 0.3 is 0 Å². The molecule has 1 spiro atoms.